The Hall–Kier alpha value is -1.79. The summed E-state index contributed by atoms with van der Waals surface area (Å²) in [5.74, 6) is -0.677. The lowest BCUT2D eigenvalue weighted by Gasteiger charge is -2.23. The van der Waals surface area contributed by atoms with Crippen LogP contribution in [0, 0.1) is 6.92 Å². The molecular weight excluding hydrogens is 322 g/mol. The number of hydrogen-bond acceptors (Lipinski definition) is 4. The Labute approximate surface area is 139 Å². The number of carbonyl (C=O) groups excluding carboxylic acids is 1. The van der Waals surface area contributed by atoms with E-state index in [2.05, 4.69) is 5.32 Å². The van der Waals surface area contributed by atoms with E-state index in [0.717, 1.165) is 5.56 Å². The summed E-state index contributed by atoms with van der Waals surface area (Å²) < 4.78 is 10.7. The number of nitrogens with one attached hydrogen (secondary N) is 1. The topological polar surface area (TPSA) is 84.9 Å². The molecule has 126 valence electrons. The standard InChI is InChI=1S/C16H20ClNO5/c1-11-9-12(4-5-13(11)17)23-7-2-3-14(19)18-16(15(20)21)6-8-22-10-16/h4-5,9H,2-3,6-8,10H2,1H3,(H,18,19)(H,20,21). The fraction of sp³-hybridized carbons (Fsp3) is 0.500. The van der Waals surface area contributed by atoms with Gasteiger partial charge in [0, 0.05) is 24.5 Å². The monoisotopic (exact) mass is 341 g/mol. The lowest BCUT2D eigenvalue weighted by Crippen LogP contribution is -2.55. The third kappa shape index (κ3) is 4.59. The summed E-state index contributed by atoms with van der Waals surface area (Å²) in [5, 5.41) is 12.5. The Morgan fingerprint density at radius 1 is 1.48 bits per heavy atom. The zero-order valence-corrected chi connectivity index (χ0v) is 13.7. The molecule has 7 heteroatoms. The summed E-state index contributed by atoms with van der Waals surface area (Å²) >= 11 is 5.94. The normalized spacial score (nSPS) is 20.3. The zero-order chi connectivity index (χ0) is 16.9. The molecule has 0 bridgehead atoms. The average Bonchev–Trinajstić information content (AvgIpc) is 2.97. The number of carboxylic acids is 1. The Bertz CT molecular complexity index is 584. The van der Waals surface area contributed by atoms with Gasteiger partial charge in [0.25, 0.3) is 0 Å². The van der Waals surface area contributed by atoms with E-state index in [9.17, 15) is 14.7 Å². The van der Waals surface area contributed by atoms with E-state index in [1.54, 1.807) is 12.1 Å². The highest BCUT2D eigenvalue weighted by molar-refractivity contribution is 6.31. The quantitative estimate of drug-likeness (QED) is 0.742. The highest BCUT2D eigenvalue weighted by atomic mass is 35.5. The summed E-state index contributed by atoms with van der Waals surface area (Å²) in [4.78, 5) is 23.2. The highest BCUT2D eigenvalue weighted by Crippen LogP contribution is 2.21. The van der Waals surface area contributed by atoms with Crippen LogP contribution >= 0.6 is 11.6 Å². The van der Waals surface area contributed by atoms with Gasteiger partial charge in [-0.15, -0.1) is 0 Å². The first kappa shape index (κ1) is 17.6. The summed E-state index contributed by atoms with van der Waals surface area (Å²) in [6.45, 7) is 2.60. The molecule has 1 aromatic carbocycles. The van der Waals surface area contributed by atoms with Gasteiger partial charge >= 0.3 is 5.97 Å². The van der Waals surface area contributed by atoms with Crippen molar-refractivity contribution in [3.63, 3.8) is 0 Å². The molecule has 1 aliphatic heterocycles. The van der Waals surface area contributed by atoms with E-state index in [0.29, 0.717) is 30.4 Å². The van der Waals surface area contributed by atoms with Crippen LogP contribution in [0.3, 0.4) is 0 Å². The third-order valence-electron chi connectivity index (χ3n) is 3.76. The van der Waals surface area contributed by atoms with Crippen LogP contribution in [-0.4, -0.2) is 42.3 Å². The number of hydrogen-bond donors (Lipinski definition) is 2. The molecule has 1 atom stereocenters. The third-order valence-corrected chi connectivity index (χ3v) is 4.18. The van der Waals surface area contributed by atoms with Gasteiger partial charge in [-0.25, -0.2) is 4.79 Å². The average molecular weight is 342 g/mol. The van der Waals surface area contributed by atoms with E-state index >= 15 is 0 Å². The number of amides is 1. The van der Waals surface area contributed by atoms with Crippen LogP contribution in [0.1, 0.15) is 24.8 Å². The van der Waals surface area contributed by atoms with Gasteiger partial charge < -0.3 is 19.9 Å². The van der Waals surface area contributed by atoms with Crippen LogP contribution < -0.4 is 10.1 Å². The van der Waals surface area contributed by atoms with Crippen molar-refractivity contribution in [3.8, 4) is 5.75 Å². The molecule has 0 aromatic heterocycles. The van der Waals surface area contributed by atoms with E-state index in [-0.39, 0.29) is 25.4 Å². The molecule has 23 heavy (non-hydrogen) atoms. The first-order valence-electron chi connectivity index (χ1n) is 7.44. The van der Waals surface area contributed by atoms with E-state index in [1.165, 1.54) is 0 Å². The number of rotatable bonds is 7. The highest BCUT2D eigenvalue weighted by Gasteiger charge is 2.43. The Morgan fingerprint density at radius 3 is 2.87 bits per heavy atom. The number of ether oxygens (including phenoxy) is 2. The summed E-state index contributed by atoms with van der Waals surface area (Å²) in [5.41, 5.74) is -0.364. The molecular formula is C16H20ClNO5. The van der Waals surface area contributed by atoms with Crippen molar-refractivity contribution in [2.75, 3.05) is 19.8 Å². The SMILES string of the molecule is Cc1cc(OCCCC(=O)NC2(C(=O)O)CCOC2)ccc1Cl. The van der Waals surface area contributed by atoms with Gasteiger partial charge in [0.2, 0.25) is 5.91 Å². The van der Waals surface area contributed by atoms with Crippen LogP contribution in [0.15, 0.2) is 18.2 Å². The van der Waals surface area contributed by atoms with Crippen LogP contribution in [-0.2, 0) is 14.3 Å². The molecule has 0 radical (unpaired) electrons. The first-order chi connectivity index (χ1) is 10.9. The molecule has 1 aliphatic rings. The number of halogens is 1. The number of benzene rings is 1. The number of aliphatic carboxylic acids is 1. The molecule has 0 spiro atoms. The largest absolute Gasteiger partial charge is 0.494 e. The molecule has 1 aromatic rings. The first-order valence-corrected chi connectivity index (χ1v) is 7.82. The maximum absolute atomic E-state index is 11.9. The van der Waals surface area contributed by atoms with Crippen molar-refractivity contribution < 1.29 is 24.2 Å². The van der Waals surface area contributed by atoms with Gasteiger partial charge in [-0.1, -0.05) is 11.6 Å². The zero-order valence-electron chi connectivity index (χ0n) is 12.9. The van der Waals surface area contributed by atoms with Crippen molar-refractivity contribution in [3.05, 3.63) is 28.8 Å². The predicted molar refractivity (Wildman–Crippen MR) is 84.9 cm³/mol. The second-order valence-corrected chi connectivity index (χ2v) is 6.01. The molecule has 1 saturated heterocycles. The summed E-state index contributed by atoms with van der Waals surface area (Å²) in [6, 6.07) is 5.36. The van der Waals surface area contributed by atoms with E-state index < -0.39 is 11.5 Å². The van der Waals surface area contributed by atoms with E-state index in [4.69, 9.17) is 21.1 Å². The molecule has 1 amide bonds. The number of carbonyl (C=O) groups is 2. The van der Waals surface area contributed by atoms with Crippen LogP contribution in [0.25, 0.3) is 0 Å². The molecule has 2 N–H and O–H groups in total. The number of aryl methyl sites for hydroxylation is 1. The molecule has 1 unspecified atom stereocenters. The Balaban J connectivity index is 1.74. The van der Waals surface area contributed by atoms with Crippen molar-refractivity contribution in [1.82, 2.24) is 5.32 Å². The van der Waals surface area contributed by atoms with E-state index in [1.807, 2.05) is 13.0 Å². The smallest absolute Gasteiger partial charge is 0.331 e. The fourth-order valence-corrected chi connectivity index (χ4v) is 2.46. The van der Waals surface area contributed by atoms with Crippen molar-refractivity contribution in [2.24, 2.45) is 0 Å². The lowest BCUT2D eigenvalue weighted by molar-refractivity contribution is -0.147. The fourth-order valence-electron chi connectivity index (χ4n) is 2.34. The van der Waals surface area contributed by atoms with Crippen LogP contribution in [0.4, 0.5) is 0 Å². The molecule has 2 rings (SSSR count). The summed E-state index contributed by atoms with van der Waals surface area (Å²) in [7, 11) is 0. The number of carboxylic acid groups (broad SMARTS) is 1. The van der Waals surface area contributed by atoms with Gasteiger partial charge in [0.1, 0.15) is 5.75 Å². The predicted octanol–water partition coefficient (Wildman–Crippen LogP) is 2.17. The minimum atomic E-state index is -1.29. The van der Waals surface area contributed by atoms with Crippen molar-refractivity contribution in [1.29, 1.82) is 0 Å². The maximum Gasteiger partial charge on any atom is 0.331 e. The maximum atomic E-state index is 11.9. The minimum absolute atomic E-state index is 0.00856. The minimum Gasteiger partial charge on any atom is -0.494 e. The van der Waals surface area contributed by atoms with Gasteiger partial charge in [0.05, 0.1) is 13.2 Å². The molecule has 6 nitrogen and oxygen atoms in total. The Morgan fingerprint density at radius 2 is 2.26 bits per heavy atom. The summed E-state index contributed by atoms with van der Waals surface area (Å²) in [6.07, 6.45) is 0.973. The molecule has 1 heterocycles. The molecule has 0 saturated carbocycles. The second-order valence-electron chi connectivity index (χ2n) is 5.60. The van der Waals surface area contributed by atoms with Gasteiger partial charge in [-0.2, -0.15) is 0 Å². The van der Waals surface area contributed by atoms with Crippen molar-refractivity contribution >= 4 is 23.5 Å². The van der Waals surface area contributed by atoms with Gasteiger partial charge in [0.15, 0.2) is 5.54 Å². The van der Waals surface area contributed by atoms with Crippen molar-refractivity contribution in [2.45, 2.75) is 31.7 Å². The van der Waals surface area contributed by atoms with Crippen LogP contribution in [0.5, 0.6) is 5.75 Å². The lowest BCUT2D eigenvalue weighted by atomic mass is 9.99. The van der Waals surface area contributed by atoms with Gasteiger partial charge in [-0.05, 0) is 37.1 Å². The van der Waals surface area contributed by atoms with Gasteiger partial charge in [-0.3, -0.25) is 4.79 Å². The second kappa shape index (κ2) is 7.66. The van der Waals surface area contributed by atoms with Crippen LogP contribution in [0.2, 0.25) is 5.02 Å². The Kier molecular flexibility index (Phi) is 5.85. The molecule has 1 fully saturated rings. The molecule has 0 aliphatic carbocycles.